The van der Waals surface area contributed by atoms with Crippen LogP contribution in [0.4, 0.5) is 0 Å². The van der Waals surface area contributed by atoms with Crippen molar-refractivity contribution in [2.45, 2.75) is 13.3 Å². The Morgan fingerprint density at radius 2 is 1.26 bits per heavy atom. The van der Waals surface area contributed by atoms with E-state index in [1.807, 2.05) is 0 Å². The zero-order valence-corrected chi connectivity index (χ0v) is 22.8. The Morgan fingerprint density at radius 3 is 1.74 bits per heavy atom. The van der Waals surface area contributed by atoms with Gasteiger partial charge in [0.1, 0.15) is 12.7 Å². The van der Waals surface area contributed by atoms with Gasteiger partial charge in [0, 0.05) is 38.8 Å². The normalized spacial score (nSPS) is 18.2. The average molecular weight is 621 g/mol. The highest BCUT2D eigenvalue weighted by molar-refractivity contribution is 14.1. The van der Waals surface area contributed by atoms with Crippen LogP contribution in [0.3, 0.4) is 0 Å². The molecule has 0 aromatic heterocycles. The molecule has 0 aromatic carbocycles. The lowest BCUT2D eigenvalue weighted by Crippen LogP contribution is -2.40. The molecule has 0 aliphatic carbocycles. The second-order valence-corrected chi connectivity index (χ2v) is 15.6. The fourth-order valence-electron chi connectivity index (χ4n) is 2.67. The molecule has 0 heterocycles. The highest BCUT2D eigenvalue weighted by Crippen LogP contribution is 2.42. The summed E-state index contributed by atoms with van der Waals surface area (Å²) in [5.41, 5.74) is 0. The first kappa shape index (κ1) is 31.8. The van der Waals surface area contributed by atoms with Crippen molar-refractivity contribution in [3.05, 3.63) is 0 Å². The van der Waals surface area contributed by atoms with Gasteiger partial charge in [-0.2, -0.15) is 0 Å². The van der Waals surface area contributed by atoms with Crippen molar-refractivity contribution in [2.24, 2.45) is 0 Å². The molecule has 3 unspecified atom stereocenters. The maximum atomic E-state index is 12.5. The second kappa shape index (κ2) is 14.9. The van der Waals surface area contributed by atoms with E-state index in [1.165, 1.54) is 4.90 Å². The summed E-state index contributed by atoms with van der Waals surface area (Å²) in [7, 11) is -9.44. The number of aliphatic hydroxyl groups excluding tert-OH is 2. The van der Waals surface area contributed by atoms with E-state index in [-0.39, 0.29) is 54.9 Å². The predicted octanol–water partition coefficient (Wildman–Crippen LogP) is 0.477. The van der Waals surface area contributed by atoms with Gasteiger partial charge in [-0.25, -0.2) is 0 Å². The van der Waals surface area contributed by atoms with E-state index in [1.54, 1.807) is 46.4 Å². The fourth-order valence-corrected chi connectivity index (χ4v) is 7.01. The summed E-state index contributed by atoms with van der Waals surface area (Å²) < 4.78 is 35.8. The number of hydrogen-bond acceptors (Lipinski definition) is 9. The van der Waals surface area contributed by atoms with E-state index in [4.69, 9.17) is 10.2 Å². The number of carbonyl (C=O) groups is 1. The molecule has 0 radical (unpaired) electrons. The van der Waals surface area contributed by atoms with Crippen LogP contribution in [0, 0.1) is 0 Å². The van der Waals surface area contributed by atoms with E-state index >= 15 is 0 Å². The lowest BCUT2D eigenvalue weighted by atomic mass is 10.4. The quantitative estimate of drug-likeness (QED) is 0.0814. The van der Waals surface area contributed by atoms with Crippen LogP contribution in [0.25, 0.3) is 0 Å². The molecule has 0 amide bonds. The van der Waals surface area contributed by atoms with Gasteiger partial charge in [-0.15, -0.1) is 0 Å². The number of nitrogens with zero attached hydrogens (tertiary/aromatic N) is 3. The Hall–Kier alpha value is 0.770. The molecule has 0 rings (SSSR count). The Kier molecular flexibility index (Phi) is 15.3. The zero-order valence-electron chi connectivity index (χ0n) is 17.9. The maximum Gasteiger partial charge on any atom is 0.238 e. The molecule has 0 aliphatic rings. The lowest BCUT2D eigenvalue weighted by molar-refractivity contribution is -0.109. The second-order valence-electron chi connectivity index (χ2n) is 7.48. The fraction of sp³-hybridized carbons (Fsp3) is 0.933. The minimum Gasteiger partial charge on any atom is -0.386 e. The molecule has 0 aromatic rings. The molecule has 0 spiro atoms. The molecule has 0 aliphatic heterocycles. The van der Waals surface area contributed by atoms with Gasteiger partial charge >= 0.3 is 0 Å². The van der Waals surface area contributed by atoms with Gasteiger partial charge in [0.05, 0.1) is 18.9 Å². The van der Waals surface area contributed by atoms with Crippen LogP contribution in [-0.4, -0.2) is 121 Å². The SMILES string of the molecule is CCN(CCN(CCN(C)CP(=O)(O)CO)CP(=O)(O)CCC(=O)I)CP(=O)(O)CO. The molecule has 0 saturated carbocycles. The highest BCUT2D eigenvalue weighted by atomic mass is 127. The van der Waals surface area contributed by atoms with Crippen LogP contribution in [-0.2, 0) is 18.5 Å². The molecule has 12 nitrogen and oxygen atoms in total. The molecule has 186 valence electrons. The van der Waals surface area contributed by atoms with E-state index < -0.39 is 34.8 Å². The van der Waals surface area contributed by atoms with Crippen molar-refractivity contribution in [1.82, 2.24) is 14.7 Å². The Balaban J connectivity index is 5.12. The molecule has 16 heteroatoms. The summed E-state index contributed by atoms with van der Waals surface area (Å²) in [6, 6.07) is 0. The molecule has 0 bridgehead atoms. The standard InChI is InChI=1S/C15H35IN3O9P3/c1-3-18(11-31(27,28)14-21)7-8-19(12-29(23,24)9-4-15(16)22)6-5-17(2)10-30(25,26)13-20/h20-21H,3-14H2,1-2H3,(H,23,24)(H,25,26)(H,27,28). The number of halogens is 1. The van der Waals surface area contributed by atoms with Gasteiger partial charge in [-0.3, -0.25) is 33.2 Å². The molecule has 0 fully saturated rings. The Morgan fingerprint density at radius 1 is 0.806 bits per heavy atom. The van der Waals surface area contributed by atoms with Crippen molar-refractivity contribution in [1.29, 1.82) is 0 Å². The predicted molar refractivity (Wildman–Crippen MR) is 128 cm³/mol. The van der Waals surface area contributed by atoms with Crippen LogP contribution < -0.4 is 0 Å². The van der Waals surface area contributed by atoms with Gasteiger partial charge in [0.2, 0.25) is 22.1 Å². The molecule has 0 saturated heterocycles. The number of carbonyl (C=O) groups excluding carboxylic acids is 1. The summed E-state index contributed by atoms with van der Waals surface area (Å²) in [6.07, 6.45) is -2.51. The number of likely N-dealkylation sites (N-methyl/N-ethyl adjacent to an activating group) is 2. The maximum absolute atomic E-state index is 12.5. The third kappa shape index (κ3) is 16.1. The van der Waals surface area contributed by atoms with Crippen molar-refractivity contribution >= 4 is 48.5 Å². The van der Waals surface area contributed by atoms with Crippen LogP contribution in [0.5, 0.6) is 0 Å². The number of aliphatic hydroxyl groups is 2. The van der Waals surface area contributed by atoms with Gasteiger partial charge in [-0.1, -0.05) is 6.92 Å². The minimum atomic E-state index is -3.70. The van der Waals surface area contributed by atoms with Crippen LogP contribution in [0.1, 0.15) is 13.3 Å². The smallest absolute Gasteiger partial charge is 0.238 e. The Bertz CT molecular complexity index is 700. The lowest BCUT2D eigenvalue weighted by Gasteiger charge is -2.30. The summed E-state index contributed by atoms with van der Waals surface area (Å²) in [5, 5.41) is 18.0. The molecule has 5 N–H and O–H groups in total. The van der Waals surface area contributed by atoms with E-state index in [0.29, 0.717) is 13.1 Å². The average Bonchev–Trinajstić information content (AvgIpc) is 2.67. The van der Waals surface area contributed by atoms with Crippen molar-refractivity contribution in [2.75, 3.05) is 77.5 Å². The van der Waals surface area contributed by atoms with Crippen molar-refractivity contribution < 1.29 is 43.4 Å². The highest BCUT2D eigenvalue weighted by Gasteiger charge is 2.26. The van der Waals surface area contributed by atoms with E-state index in [9.17, 15) is 33.2 Å². The first-order valence-electron chi connectivity index (χ1n) is 9.61. The summed E-state index contributed by atoms with van der Waals surface area (Å²) in [4.78, 5) is 45.5. The third-order valence-electron chi connectivity index (χ3n) is 4.38. The van der Waals surface area contributed by atoms with Gasteiger partial charge in [-0.05, 0) is 36.2 Å². The van der Waals surface area contributed by atoms with Crippen molar-refractivity contribution in [3.63, 3.8) is 0 Å². The summed E-state index contributed by atoms with van der Waals surface area (Å²) in [5.74, 6) is 0. The van der Waals surface area contributed by atoms with E-state index in [0.717, 1.165) is 0 Å². The van der Waals surface area contributed by atoms with Crippen LogP contribution in [0.15, 0.2) is 0 Å². The first-order chi connectivity index (χ1) is 14.1. The van der Waals surface area contributed by atoms with Gasteiger partial charge in [0.15, 0.2) is 3.79 Å². The zero-order chi connectivity index (χ0) is 24.3. The van der Waals surface area contributed by atoms with Crippen molar-refractivity contribution in [3.8, 4) is 0 Å². The molecular formula is C15H35IN3O9P3. The van der Waals surface area contributed by atoms with Gasteiger partial charge < -0.3 is 24.9 Å². The minimum absolute atomic E-state index is 0.0302. The third-order valence-corrected chi connectivity index (χ3v) is 9.34. The van der Waals surface area contributed by atoms with Gasteiger partial charge in [0.25, 0.3) is 0 Å². The summed E-state index contributed by atoms with van der Waals surface area (Å²) in [6.45, 7) is 3.32. The molecule has 3 atom stereocenters. The number of rotatable bonds is 18. The molecular weight excluding hydrogens is 586 g/mol. The monoisotopic (exact) mass is 621 g/mol. The largest absolute Gasteiger partial charge is 0.386 e. The van der Waals surface area contributed by atoms with E-state index in [2.05, 4.69) is 0 Å². The topological polar surface area (TPSA) is 179 Å². The number of hydrogen-bond donors (Lipinski definition) is 5. The summed E-state index contributed by atoms with van der Waals surface area (Å²) >= 11 is 1.56. The van der Waals surface area contributed by atoms with Crippen LogP contribution in [0.2, 0.25) is 0 Å². The Labute approximate surface area is 197 Å². The first-order valence-corrected chi connectivity index (χ1v) is 16.8. The van der Waals surface area contributed by atoms with Crippen LogP contribution >= 0.6 is 44.7 Å². The molecule has 31 heavy (non-hydrogen) atoms.